The smallest absolute Gasteiger partial charge is 0.167 e. The van der Waals surface area contributed by atoms with E-state index in [1.807, 2.05) is 23.9 Å². The van der Waals surface area contributed by atoms with Crippen molar-refractivity contribution in [2.45, 2.75) is 18.6 Å². The standard InChI is InChI=1S/C18H19FN4O2/c1-23-16(4-7-21-23)18-14(5-8-25-18)22-13-3-6-20-15-10-12(19)17(24-2)9-11(13)15/h3-4,6-7,9-10,14,18H,5,8H2,1-2H3,(H,20,22)/t14-,18-/m0/s1. The van der Waals surface area contributed by atoms with Crippen molar-refractivity contribution in [1.82, 2.24) is 14.8 Å². The van der Waals surface area contributed by atoms with Gasteiger partial charge in [-0.3, -0.25) is 9.67 Å². The van der Waals surface area contributed by atoms with Gasteiger partial charge in [-0.05, 0) is 24.6 Å². The van der Waals surface area contributed by atoms with Crippen LogP contribution in [0.15, 0.2) is 36.7 Å². The van der Waals surface area contributed by atoms with Crippen LogP contribution in [0.25, 0.3) is 10.9 Å². The van der Waals surface area contributed by atoms with E-state index in [-0.39, 0.29) is 17.9 Å². The molecule has 0 radical (unpaired) electrons. The van der Waals surface area contributed by atoms with Crippen LogP contribution in [0, 0.1) is 5.82 Å². The monoisotopic (exact) mass is 342 g/mol. The van der Waals surface area contributed by atoms with E-state index in [2.05, 4.69) is 15.4 Å². The van der Waals surface area contributed by atoms with Crippen LogP contribution in [0.5, 0.6) is 5.75 Å². The van der Waals surface area contributed by atoms with Gasteiger partial charge in [-0.15, -0.1) is 0 Å². The van der Waals surface area contributed by atoms with Crippen LogP contribution in [-0.2, 0) is 11.8 Å². The summed E-state index contributed by atoms with van der Waals surface area (Å²) in [5, 5.41) is 8.58. The van der Waals surface area contributed by atoms with Crippen molar-refractivity contribution in [3.05, 3.63) is 48.2 Å². The van der Waals surface area contributed by atoms with Crippen molar-refractivity contribution in [2.75, 3.05) is 19.0 Å². The van der Waals surface area contributed by atoms with Gasteiger partial charge in [0.25, 0.3) is 0 Å². The second-order valence-corrected chi connectivity index (χ2v) is 6.07. The zero-order valence-electron chi connectivity index (χ0n) is 14.1. The molecule has 0 unspecified atom stereocenters. The molecule has 1 aromatic carbocycles. The number of nitrogens with one attached hydrogen (secondary N) is 1. The minimum Gasteiger partial charge on any atom is -0.494 e. The van der Waals surface area contributed by atoms with Crippen molar-refractivity contribution < 1.29 is 13.9 Å². The minimum atomic E-state index is -0.420. The molecule has 0 spiro atoms. The highest BCUT2D eigenvalue weighted by molar-refractivity contribution is 5.92. The molecule has 0 amide bonds. The number of fused-ring (bicyclic) bond motifs is 1. The maximum Gasteiger partial charge on any atom is 0.167 e. The number of aromatic nitrogens is 3. The molecule has 1 aliphatic rings. The Balaban J connectivity index is 1.69. The Labute approximate surface area is 144 Å². The van der Waals surface area contributed by atoms with Crippen LogP contribution in [-0.4, -0.2) is 34.5 Å². The number of ether oxygens (including phenoxy) is 2. The van der Waals surface area contributed by atoms with Gasteiger partial charge in [0.2, 0.25) is 0 Å². The van der Waals surface area contributed by atoms with Gasteiger partial charge in [0, 0.05) is 43.2 Å². The highest BCUT2D eigenvalue weighted by atomic mass is 19.1. The summed E-state index contributed by atoms with van der Waals surface area (Å²) in [6.07, 6.45) is 4.23. The molecule has 25 heavy (non-hydrogen) atoms. The van der Waals surface area contributed by atoms with E-state index in [1.165, 1.54) is 13.2 Å². The number of methoxy groups -OCH3 is 1. The summed E-state index contributed by atoms with van der Waals surface area (Å²) in [4.78, 5) is 4.25. The van der Waals surface area contributed by atoms with Crippen LogP contribution < -0.4 is 10.1 Å². The summed E-state index contributed by atoms with van der Waals surface area (Å²) >= 11 is 0. The average molecular weight is 342 g/mol. The fourth-order valence-corrected chi connectivity index (χ4v) is 3.32. The van der Waals surface area contributed by atoms with E-state index in [0.29, 0.717) is 12.1 Å². The molecule has 1 aliphatic heterocycles. The zero-order chi connectivity index (χ0) is 17.4. The first kappa shape index (κ1) is 15.8. The minimum absolute atomic E-state index is 0.0851. The Morgan fingerprint density at radius 2 is 2.20 bits per heavy atom. The van der Waals surface area contributed by atoms with Crippen molar-refractivity contribution in [3.63, 3.8) is 0 Å². The summed E-state index contributed by atoms with van der Waals surface area (Å²) in [5.74, 6) is -0.217. The molecule has 6 nitrogen and oxygen atoms in total. The molecule has 4 rings (SSSR count). The molecule has 1 saturated heterocycles. The van der Waals surface area contributed by atoms with Crippen LogP contribution in [0.3, 0.4) is 0 Å². The Morgan fingerprint density at radius 1 is 1.32 bits per heavy atom. The van der Waals surface area contributed by atoms with Crippen molar-refractivity contribution in [2.24, 2.45) is 7.05 Å². The lowest BCUT2D eigenvalue weighted by Gasteiger charge is -2.22. The second-order valence-electron chi connectivity index (χ2n) is 6.07. The first-order valence-electron chi connectivity index (χ1n) is 8.15. The molecule has 0 saturated carbocycles. The SMILES string of the molecule is COc1cc2c(N[C@H]3CCO[C@@H]3c3ccnn3C)ccnc2cc1F. The van der Waals surface area contributed by atoms with E-state index in [4.69, 9.17) is 9.47 Å². The molecule has 2 aromatic heterocycles. The summed E-state index contributed by atoms with van der Waals surface area (Å²) in [7, 11) is 3.36. The van der Waals surface area contributed by atoms with Crippen LogP contribution in [0.4, 0.5) is 10.1 Å². The molecule has 1 fully saturated rings. The lowest BCUT2D eigenvalue weighted by molar-refractivity contribution is 0.101. The molecule has 3 aromatic rings. The van der Waals surface area contributed by atoms with Gasteiger partial charge in [-0.25, -0.2) is 4.39 Å². The van der Waals surface area contributed by atoms with Crippen molar-refractivity contribution in [1.29, 1.82) is 0 Å². The van der Waals surface area contributed by atoms with Crippen LogP contribution in [0.1, 0.15) is 18.2 Å². The van der Waals surface area contributed by atoms with Gasteiger partial charge in [0.05, 0.1) is 24.4 Å². The summed E-state index contributed by atoms with van der Waals surface area (Å²) in [6.45, 7) is 0.675. The van der Waals surface area contributed by atoms with E-state index in [1.54, 1.807) is 18.5 Å². The molecular weight excluding hydrogens is 323 g/mol. The fraction of sp³-hybridized carbons (Fsp3) is 0.333. The first-order chi connectivity index (χ1) is 12.2. The summed E-state index contributed by atoms with van der Waals surface area (Å²) < 4.78 is 26.8. The molecule has 3 heterocycles. The number of anilines is 1. The number of aryl methyl sites for hydroxylation is 1. The second kappa shape index (κ2) is 6.33. The number of pyridine rings is 1. The summed E-state index contributed by atoms with van der Waals surface area (Å²) in [6, 6.07) is 7.02. The molecule has 0 aliphatic carbocycles. The van der Waals surface area contributed by atoms with Crippen LogP contribution >= 0.6 is 0 Å². The average Bonchev–Trinajstić information content (AvgIpc) is 3.23. The number of nitrogens with zero attached hydrogens (tertiary/aromatic N) is 3. The fourth-order valence-electron chi connectivity index (χ4n) is 3.32. The first-order valence-corrected chi connectivity index (χ1v) is 8.15. The van der Waals surface area contributed by atoms with Gasteiger partial charge in [0.15, 0.2) is 11.6 Å². The van der Waals surface area contributed by atoms with Crippen molar-refractivity contribution in [3.8, 4) is 5.75 Å². The Kier molecular flexibility index (Phi) is 4.01. The normalized spacial score (nSPS) is 20.1. The largest absolute Gasteiger partial charge is 0.494 e. The Bertz CT molecular complexity index is 911. The number of halogens is 1. The molecule has 1 N–H and O–H groups in total. The third-order valence-electron chi connectivity index (χ3n) is 4.60. The molecule has 130 valence electrons. The van der Waals surface area contributed by atoms with Crippen LogP contribution in [0.2, 0.25) is 0 Å². The number of hydrogen-bond acceptors (Lipinski definition) is 5. The zero-order valence-corrected chi connectivity index (χ0v) is 14.1. The topological polar surface area (TPSA) is 61.2 Å². The van der Waals surface area contributed by atoms with Gasteiger partial charge < -0.3 is 14.8 Å². The lowest BCUT2D eigenvalue weighted by atomic mass is 10.1. The van der Waals surface area contributed by atoms with Gasteiger partial charge in [-0.2, -0.15) is 5.10 Å². The summed E-state index contributed by atoms with van der Waals surface area (Å²) in [5.41, 5.74) is 2.49. The highest BCUT2D eigenvalue weighted by Crippen LogP contribution is 2.34. The molecular formula is C18H19FN4O2. The lowest BCUT2D eigenvalue weighted by Crippen LogP contribution is -2.25. The van der Waals surface area contributed by atoms with Gasteiger partial charge >= 0.3 is 0 Å². The van der Waals surface area contributed by atoms with E-state index in [0.717, 1.165) is 23.2 Å². The molecule has 2 atom stereocenters. The third-order valence-corrected chi connectivity index (χ3v) is 4.60. The Hall–Kier alpha value is -2.67. The predicted molar refractivity (Wildman–Crippen MR) is 92.2 cm³/mol. The molecule has 0 bridgehead atoms. The van der Waals surface area contributed by atoms with Gasteiger partial charge in [0.1, 0.15) is 6.10 Å². The van der Waals surface area contributed by atoms with E-state index < -0.39 is 5.82 Å². The highest BCUT2D eigenvalue weighted by Gasteiger charge is 2.32. The third kappa shape index (κ3) is 2.80. The Morgan fingerprint density at radius 3 is 2.96 bits per heavy atom. The molecule has 7 heteroatoms. The quantitative estimate of drug-likeness (QED) is 0.790. The maximum atomic E-state index is 13.9. The number of benzene rings is 1. The van der Waals surface area contributed by atoms with E-state index in [9.17, 15) is 4.39 Å². The predicted octanol–water partition coefficient (Wildman–Crippen LogP) is 3.06. The number of rotatable bonds is 4. The maximum absolute atomic E-state index is 13.9. The van der Waals surface area contributed by atoms with Crippen molar-refractivity contribution >= 4 is 16.6 Å². The van der Waals surface area contributed by atoms with Gasteiger partial charge in [-0.1, -0.05) is 0 Å². The number of hydrogen-bond donors (Lipinski definition) is 1. The van der Waals surface area contributed by atoms with E-state index >= 15 is 0 Å².